The second-order valence-corrected chi connectivity index (χ2v) is 14.8. The van der Waals surface area contributed by atoms with Crippen LogP contribution < -0.4 is 15.8 Å². The molecule has 1 saturated heterocycles. The quantitative estimate of drug-likeness (QED) is 0.200. The van der Waals surface area contributed by atoms with Crippen LogP contribution in [0.4, 0.5) is 4.79 Å². The summed E-state index contributed by atoms with van der Waals surface area (Å²) in [5.41, 5.74) is 4.82. The first-order valence-corrected chi connectivity index (χ1v) is 16.4. The summed E-state index contributed by atoms with van der Waals surface area (Å²) in [5.74, 6) is -1.51. The zero-order chi connectivity index (χ0) is 29.9. The molecule has 4 aliphatic rings. The molecule has 1 aliphatic heterocycles. The molecule has 0 aromatic heterocycles. The molecule has 4 rings (SSSR count). The van der Waals surface area contributed by atoms with Crippen molar-refractivity contribution < 1.29 is 32.3 Å². The number of carbonyl (C=O) groups excluding carboxylic acids is 4. The fourth-order valence-electron chi connectivity index (χ4n) is 5.35. The van der Waals surface area contributed by atoms with Crippen molar-refractivity contribution in [2.45, 2.75) is 108 Å². The summed E-state index contributed by atoms with van der Waals surface area (Å²) in [6.07, 6.45) is 10.0. The number of hydrogen-bond donors (Lipinski definition) is 3. The largest absolute Gasteiger partial charge is 0.444 e. The van der Waals surface area contributed by atoms with Crippen molar-refractivity contribution in [3.63, 3.8) is 0 Å². The van der Waals surface area contributed by atoms with Crippen molar-refractivity contribution in [2.75, 3.05) is 19.6 Å². The lowest BCUT2D eigenvalue weighted by molar-refractivity contribution is -0.139. The predicted octanol–water partition coefficient (Wildman–Crippen LogP) is 1.40. The highest BCUT2D eigenvalue weighted by Gasteiger charge is 2.45. The van der Waals surface area contributed by atoms with Gasteiger partial charge in [0.05, 0.1) is 5.25 Å². The minimum Gasteiger partial charge on any atom is -0.444 e. The van der Waals surface area contributed by atoms with Gasteiger partial charge in [0, 0.05) is 25.0 Å². The molecule has 4 N–H and O–H groups in total. The van der Waals surface area contributed by atoms with Crippen molar-refractivity contribution in [2.24, 2.45) is 17.6 Å². The van der Waals surface area contributed by atoms with E-state index in [0.717, 1.165) is 25.7 Å². The highest BCUT2D eigenvalue weighted by molar-refractivity contribution is 7.90. The molecule has 13 heteroatoms. The third-order valence-corrected chi connectivity index (χ3v) is 9.75. The Morgan fingerprint density at radius 1 is 1.12 bits per heavy atom. The van der Waals surface area contributed by atoms with Gasteiger partial charge in [-0.15, -0.1) is 0 Å². The topological polar surface area (TPSA) is 168 Å². The van der Waals surface area contributed by atoms with E-state index in [1.807, 2.05) is 12.2 Å². The number of carbonyl (C=O) groups is 4. The molecule has 0 unspecified atom stereocenters. The zero-order valence-corrected chi connectivity index (χ0v) is 25.2. The molecule has 3 saturated carbocycles. The summed E-state index contributed by atoms with van der Waals surface area (Å²) in [7, 11) is -3.51. The Morgan fingerprint density at radius 3 is 2.44 bits per heavy atom. The van der Waals surface area contributed by atoms with Crippen LogP contribution in [0, 0.1) is 11.8 Å². The Balaban J connectivity index is 1.29. The SMILES string of the molecule is CC(C)(C)OC(=O)N[C@@H](CN(CCC/C=C\[C@@H]1C[C@@H]1C(=O)NS(=O)(=O)C1CC1)C1CC1)C(=O)N1CCC[C@H]1C(N)=O. The van der Waals surface area contributed by atoms with Gasteiger partial charge in [-0.05, 0) is 91.0 Å². The molecule has 0 aromatic carbocycles. The molecule has 4 fully saturated rings. The van der Waals surface area contributed by atoms with E-state index in [2.05, 4.69) is 14.9 Å². The first-order valence-electron chi connectivity index (χ1n) is 14.8. The maximum absolute atomic E-state index is 13.6. The first kappa shape index (κ1) is 31.3. The van der Waals surface area contributed by atoms with Crippen LogP contribution in [0.2, 0.25) is 0 Å². The summed E-state index contributed by atoms with van der Waals surface area (Å²) < 4.78 is 31.6. The Hall–Kier alpha value is -2.67. The van der Waals surface area contributed by atoms with Crippen LogP contribution in [0.15, 0.2) is 12.2 Å². The number of alkyl carbamates (subject to hydrolysis) is 1. The van der Waals surface area contributed by atoms with Gasteiger partial charge in [-0.3, -0.25) is 24.0 Å². The molecule has 41 heavy (non-hydrogen) atoms. The maximum Gasteiger partial charge on any atom is 0.408 e. The van der Waals surface area contributed by atoms with Gasteiger partial charge in [0.2, 0.25) is 27.7 Å². The maximum atomic E-state index is 13.6. The minimum atomic E-state index is -3.51. The van der Waals surface area contributed by atoms with E-state index in [9.17, 15) is 27.6 Å². The highest BCUT2D eigenvalue weighted by Crippen LogP contribution is 2.40. The smallest absolute Gasteiger partial charge is 0.408 e. The number of rotatable bonds is 14. The molecular weight excluding hydrogens is 550 g/mol. The number of nitrogens with zero attached hydrogens (tertiary/aromatic N) is 2. The van der Waals surface area contributed by atoms with Crippen LogP contribution in [0.3, 0.4) is 0 Å². The number of amides is 4. The summed E-state index contributed by atoms with van der Waals surface area (Å²) in [6, 6.07) is -1.23. The predicted molar refractivity (Wildman–Crippen MR) is 152 cm³/mol. The molecule has 12 nitrogen and oxygen atoms in total. The Labute approximate surface area is 242 Å². The number of allylic oxidation sites excluding steroid dienone is 2. The second-order valence-electron chi connectivity index (χ2n) is 12.8. The van der Waals surface area contributed by atoms with Crippen molar-refractivity contribution in [3.05, 3.63) is 12.2 Å². The van der Waals surface area contributed by atoms with E-state index in [-0.39, 0.29) is 17.7 Å². The number of primary amides is 1. The average molecular weight is 596 g/mol. The van der Waals surface area contributed by atoms with Gasteiger partial charge >= 0.3 is 6.09 Å². The normalized spacial score (nSPS) is 25.3. The van der Waals surface area contributed by atoms with E-state index >= 15 is 0 Å². The summed E-state index contributed by atoms with van der Waals surface area (Å²) in [5, 5.41) is 2.33. The summed E-state index contributed by atoms with van der Waals surface area (Å²) in [6.45, 7) is 6.69. The lowest BCUT2D eigenvalue weighted by Gasteiger charge is -2.32. The van der Waals surface area contributed by atoms with Crippen LogP contribution in [0.5, 0.6) is 0 Å². The van der Waals surface area contributed by atoms with Gasteiger partial charge in [0.25, 0.3) is 0 Å². The molecule has 0 bridgehead atoms. The molecule has 4 amide bonds. The van der Waals surface area contributed by atoms with Gasteiger partial charge in [0.15, 0.2) is 0 Å². The molecule has 0 aromatic rings. The monoisotopic (exact) mass is 595 g/mol. The van der Waals surface area contributed by atoms with Crippen molar-refractivity contribution >= 4 is 33.8 Å². The summed E-state index contributed by atoms with van der Waals surface area (Å²) in [4.78, 5) is 54.1. The van der Waals surface area contributed by atoms with Gasteiger partial charge < -0.3 is 20.7 Å². The van der Waals surface area contributed by atoms with E-state index in [0.29, 0.717) is 57.8 Å². The van der Waals surface area contributed by atoms with E-state index in [4.69, 9.17) is 10.5 Å². The van der Waals surface area contributed by atoms with E-state index < -0.39 is 50.9 Å². The molecular formula is C28H45N5O7S. The molecule has 230 valence electrons. The van der Waals surface area contributed by atoms with Crippen molar-refractivity contribution in [1.29, 1.82) is 0 Å². The third kappa shape index (κ3) is 9.16. The standard InChI is InChI=1S/C28H45N5O7S/c1-28(2,3)40-27(37)30-22(26(36)33-15-7-9-23(33)24(29)34)17-32(19-10-11-19)14-6-4-5-8-18-16-21(18)25(35)31-41(38,39)20-12-13-20/h5,8,18-23H,4,6-7,9-17H2,1-3H3,(H2,29,34)(H,30,37)(H,31,35)/b8-5-/t18-,21+,22+,23+/m1/s1. The van der Waals surface area contributed by atoms with E-state index in [1.165, 1.54) is 4.90 Å². The van der Waals surface area contributed by atoms with Gasteiger partial charge in [-0.25, -0.2) is 13.2 Å². The zero-order valence-electron chi connectivity index (χ0n) is 24.3. The molecule has 4 atom stereocenters. The lowest BCUT2D eigenvalue weighted by Crippen LogP contribution is -2.57. The second kappa shape index (κ2) is 12.7. The number of hydrogen-bond acceptors (Lipinski definition) is 8. The Bertz CT molecular complexity index is 1140. The number of sulfonamides is 1. The van der Waals surface area contributed by atoms with Crippen LogP contribution >= 0.6 is 0 Å². The number of nitrogens with two attached hydrogens (primary N) is 1. The summed E-state index contributed by atoms with van der Waals surface area (Å²) >= 11 is 0. The molecule has 3 aliphatic carbocycles. The van der Waals surface area contributed by atoms with Crippen LogP contribution in [0.1, 0.15) is 78.6 Å². The van der Waals surface area contributed by atoms with Crippen LogP contribution in [0.25, 0.3) is 0 Å². The third-order valence-electron chi connectivity index (χ3n) is 7.92. The van der Waals surface area contributed by atoms with Crippen molar-refractivity contribution in [1.82, 2.24) is 19.8 Å². The fourth-order valence-corrected chi connectivity index (χ4v) is 6.70. The minimum absolute atomic E-state index is 0.0580. The fraction of sp³-hybridized carbons (Fsp3) is 0.786. The van der Waals surface area contributed by atoms with Gasteiger partial charge in [-0.1, -0.05) is 12.2 Å². The number of likely N-dealkylation sites (tertiary alicyclic amines) is 1. The van der Waals surface area contributed by atoms with Gasteiger partial charge in [0.1, 0.15) is 17.7 Å². The number of unbranched alkanes of at least 4 members (excludes halogenated alkanes) is 1. The number of ether oxygens (including phenoxy) is 1. The first-order chi connectivity index (χ1) is 19.2. The molecule has 0 spiro atoms. The number of nitrogens with one attached hydrogen (secondary N) is 2. The molecule has 0 radical (unpaired) electrons. The Kier molecular flexibility index (Phi) is 9.67. The lowest BCUT2D eigenvalue weighted by atomic mass is 10.1. The van der Waals surface area contributed by atoms with Gasteiger partial charge in [-0.2, -0.15) is 0 Å². The highest BCUT2D eigenvalue weighted by atomic mass is 32.2. The Morgan fingerprint density at radius 2 is 1.83 bits per heavy atom. The van der Waals surface area contributed by atoms with Crippen LogP contribution in [-0.2, 0) is 29.1 Å². The average Bonchev–Trinajstić information content (AvgIpc) is 3.73. The van der Waals surface area contributed by atoms with Crippen LogP contribution in [-0.4, -0.2) is 90.6 Å². The molecule has 1 heterocycles. The van der Waals surface area contributed by atoms with E-state index in [1.54, 1.807) is 20.8 Å². The van der Waals surface area contributed by atoms with Crippen molar-refractivity contribution in [3.8, 4) is 0 Å².